The first kappa shape index (κ1) is 54.5. The number of carbonyl (C=O) groups is 7. The normalized spacial score (nSPS) is 16.1. The van der Waals surface area contributed by atoms with Gasteiger partial charge < -0.3 is 49.6 Å². The number of hydrogen-bond donors (Lipinski definition) is 6. The van der Waals surface area contributed by atoms with Crippen LogP contribution in [-0.4, -0.2) is 118 Å². The van der Waals surface area contributed by atoms with E-state index in [-0.39, 0.29) is 67.1 Å². The van der Waals surface area contributed by atoms with Crippen molar-refractivity contribution in [2.45, 2.75) is 51.1 Å². The second kappa shape index (κ2) is 24.0. The molecule has 6 N–H and O–H groups in total. The minimum Gasteiger partial charge on any atom is -0.497 e. The van der Waals surface area contributed by atoms with Crippen molar-refractivity contribution in [1.82, 2.24) is 20.3 Å². The molecule has 2 aromatic heterocycles. The molecule has 2 aliphatic rings. The number of imide groups is 1. The van der Waals surface area contributed by atoms with Crippen LogP contribution in [0.1, 0.15) is 77.9 Å². The molecule has 0 aliphatic carbocycles. The van der Waals surface area contributed by atoms with Crippen LogP contribution in [0.4, 0.5) is 21.9 Å². The van der Waals surface area contributed by atoms with Crippen LogP contribution in [-0.2, 0) is 28.7 Å². The zero-order valence-electron chi connectivity index (χ0n) is 42.8. The Morgan fingerprint density at radius 3 is 2.19 bits per heavy atom. The number of halogens is 1. The lowest BCUT2D eigenvalue weighted by Gasteiger charge is -2.21. The van der Waals surface area contributed by atoms with E-state index in [1.54, 1.807) is 105 Å². The maximum Gasteiger partial charge on any atom is 0.339 e. The number of alkyl halides is 1. The molecule has 0 saturated carbocycles. The second-order valence-electron chi connectivity index (χ2n) is 18.8. The summed E-state index contributed by atoms with van der Waals surface area (Å²) in [5.41, 5.74) is 8.07. The Morgan fingerprint density at radius 2 is 1.51 bits per heavy atom. The molecule has 4 atom stereocenters. The molecule has 1 saturated heterocycles. The average molecular weight is 1100 g/mol. The highest BCUT2D eigenvalue weighted by atomic mass is 35.5. The molecule has 5 aromatic carbocycles. The number of hydrogen-bond acceptors (Lipinski definition) is 13. The van der Waals surface area contributed by atoms with Gasteiger partial charge in [0, 0.05) is 99.8 Å². The number of carbonyl (C=O) groups excluding carboxylic acids is 6. The van der Waals surface area contributed by atoms with E-state index < -0.39 is 41.3 Å². The van der Waals surface area contributed by atoms with Crippen molar-refractivity contribution in [3.05, 3.63) is 126 Å². The summed E-state index contributed by atoms with van der Waals surface area (Å²) in [5, 5.41) is 21.4. The Kier molecular flexibility index (Phi) is 16.8. The number of urea groups is 1. The number of nitrogens with zero attached hydrogens (tertiary/aromatic N) is 3. The molecule has 3 unspecified atom stereocenters. The Hall–Kier alpha value is -8.24. The smallest absolute Gasteiger partial charge is 0.339 e. The number of esters is 1. The van der Waals surface area contributed by atoms with Gasteiger partial charge >= 0.3 is 18.0 Å². The number of thioether (sulfide) groups is 1. The third kappa shape index (κ3) is 12.3. The molecule has 4 heterocycles. The Bertz CT molecular complexity index is 3510. The highest BCUT2D eigenvalue weighted by Crippen LogP contribution is 2.46. The summed E-state index contributed by atoms with van der Waals surface area (Å²) >= 11 is 7.63. The number of rotatable bonds is 21. The SMILES string of the molecule is COc1ccc(C(OCC/C(C)=N\NC(=O)Nc2ccc3[nH]c(C(=O)Nc4ccc5[nH]c(C(=O)N6CC(CCl)c7c6cc(OC(C)=O)c6ccccc76)cc5c4)cc3c2)OCCN2C(=O)CC(SC[C@@H](C)C(=O)O)C2=O)cc1. The topological polar surface area (TPSA) is 263 Å². The van der Waals surface area contributed by atoms with Gasteiger partial charge in [-0.3, -0.25) is 33.7 Å². The fraction of sp³-hybridized carbons (Fsp3) is 0.286. The van der Waals surface area contributed by atoms with E-state index in [1.165, 1.54) is 6.92 Å². The van der Waals surface area contributed by atoms with Crippen LogP contribution < -0.4 is 30.4 Å². The van der Waals surface area contributed by atoms with Crippen LogP contribution in [0.5, 0.6) is 11.5 Å². The zero-order chi connectivity index (χ0) is 55.2. The number of aromatic nitrogens is 2. The molecule has 6 amide bonds. The number of ether oxygens (including phenoxy) is 4. The minimum atomic E-state index is -0.969. The number of aliphatic carboxylic acids is 1. The quantitative estimate of drug-likeness (QED) is 0.00747. The summed E-state index contributed by atoms with van der Waals surface area (Å²) in [5.74, 6) is -2.23. The fourth-order valence-corrected chi connectivity index (χ4v) is 10.7. The van der Waals surface area contributed by atoms with Crippen molar-refractivity contribution < 1.29 is 57.6 Å². The summed E-state index contributed by atoms with van der Waals surface area (Å²) < 4.78 is 23.0. The van der Waals surface area contributed by atoms with Crippen LogP contribution in [0.15, 0.2) is 108 Å². The van der Waals surface area contributed by atoms with E-state index in [1.807, 2.05) is 24.3 Å². The van der Waals surface area contributed by atoms with Crippen LogP contribution in [0.2, 0.25) is 0 Å². The molecule has 9 rings (SSSR count). The Balaban J connectivity index is 0.772. The van der Waals surface area contributed by atoms with Crippen molar-refractivity contribution >= 4 is 120 Å². The van der Waals surface area contributed by atoms with Crippen LogP contribution in [0.25, 0.3) is 32.6 Å². The van der Waals surface area contributed by atoms with Gasteiger partial charge in [-0.1, -0.05) is 43.3 Å². The van der Waals surface area contributed by atoms with Gasteiger partial charge in [0.1, 0.15) is 22.9 Å². The molecule has 0 spiro atoms. The summed E-state index contributed by atoms with van der Waals surface area (Å²) in [7, 11) is 1.55. The first-order valence-corrected chi connectivity index (χ1v) is 26.5. The Morgan fingerprint density at radius 1 is 0.846 bits per heavy atom. The number of carboxylic acids is 1. The van der Waals surface area contributed by atoms with Crippen molar-refractivity contribution in [2.24, 2.45) is 11.0 Å². The molecule has 404 valence electrons. The third-order valence-corrected chi connectivity index (χ3v) is 15.1. The molecule has 78 heavy (non-hydrogen) atoms. The number of likely N-dealkylation sites (tertiary alicyclic amines) is 1. The van der Waals surface area contributed by atoms with Crippen molar-refractivity contribution in [2.75, 3.05) is 60.6 Å². The number of anilines is 3. The summed E-state index contributed by atoms with van der Waals surface area (Å²) in [4.78, 5) is 98.8. The minimum absolute atomic E-state index is 0.00939. The number of H-pyrrole nitrogens is 2. The van der Waals surface area contributed by atoms with Gasteiger partial charge in [0.05, 0.1) is 43.7 Å². The van der Waals surface area contributed by atoms with Gasteiger partial charge in [-0.25, -0.2) is 10.2 Å². The average Bonchev–Trinajstić information content (AvgIpc) is 4.28. The number of benzene rings is 5. The van der Waals surface area contributed by atoms with Gasteiger partial charge in [-0.2, -0.15) is 5.10 Å². The highest BCUT2D eigenvalue weighted by molar-refractivity contribution is 8.00. The van der Waals surface area contributed by atoms with E-state index in [0.717, 1.165) is 33.0 Å². The monoisotopic (exact) mass is 1100 g/mol. The number of methoxy groups -OCH3 is 1. The van der Waals surface area contributed by atoms with Gasteiger partial charge in [0.25, 0.3) is 11.8 Å². The van der Waals surface area contributed by atoms with Gasteiger partial charge in [-0.05, 0) is 78.5 Å². The number of carboxylic acid groups (broad SMARTS) is 1. The fourth-order valence-electron chi connectivity index (χ4n) is 9.25. The van der Waals surface area contributed by atoms with Gasteiger partial charge in [0.2, 0.25) is 11.8 Å². The summed E-state index contributed by atoms with van der Waals surface area (Å²) in [6.45, 7) is 5.03. The second-order valence-corrected chi connectivity index (χ2v) is 20.3. The van der Waals surface area contributed by atoms with E-state index in [9.17, 15) is 38.7 Å². The van der Waals surface area contributed by atoms with Gasteiger partial charge in [0.15, 0.2) is 6.29 Å². The predicted octanol–water partition coefficient (Wildman–Crippen LogP) is 9.17. The van der Waals surface area contributed by atoms with E-state index >= 15 is 0 Å². The maximum atomic E-state index is 14.2. The molecule has 0 bridgehead atoms. The first-order chi connectivity index (χ1) is 37.6. The van der Waals surface area contributed by atoms with Crippen LogP contribution in [0, 0.1) is 5.92 Å². The molecule has 22 heteroatoms. The standard InChI is InChI=1S/C56H55ClN8O12S/c1-30(54(71)72)29-78-48-26-49(67)64(53(48)70)18-20-76-55(33-9-13-39(74-4)14-10-33)75-19-17-31(2)62-63-56(73)59-38-12-16-42-34(22-38)23-44(60-42)51(68)58-37-11-15-43-35(21-37)24-45(61-43)52(69)65-28-36(27-57)50-41-8-6-5-7-40(41)47(25-46(50)65)77-32(3)66/h5-16,21-25,30,36,48,55,60-61H,17-20,26-29H2,1-4H3,(H,58,68)(H,71,72)(H2,59,63,73)/b62-31-/t30-,36?,48?,55?/m1/s1. The lowest BCUT2D eigenvalue weighted by Crippen LogP contribution is -2.35. The van der Waals surface area contributed by atoms with Crippen molar-refractivity contribution in [3.63, 3.8) is 0 Å². The molecule has 2 aliphatic heterocycles. The number of amides is 6. The van der Waals surface area contributed by atoms with Crippen molar-refractivity contribution in [3.8, 4) is 11.5 Å². The number of hydrazone groups is 1. The number of fused-ring (bicyclic) bond motifs is 5. The lowest BCUT2D eigenvalue weighted by atomic mass is 9.95. The predicted molar refractivity (Wildman–Crippen MR) is 297 cm³/mol. The molecular formula is C56H55ClN8O12S. The largest absolute Gasteiger partial charge is 0.497 e. The van der Waals surface area contributed by atoms with Crippen molar-refractivity contribution in [1.29, 1.82) is 0 Å². The highest BCUT2D eigenvalue weighted by Gasteiger charge is 2.39. The van der Waals surface area contributed by atoms with E-state index in [0.29, 0.717) is 80.3 Å². The number of aromatic amines is 2. The van der Waals surface area contributed by atoms with Crippen LogP contribution >= 0.6 is 23.4 Å². The Labute approximate surface area is 456 Å². The van der Waals surface area contributed by atoms with Crippen LogP contribution in [0.3, 0.4) is 0 Å². The zero-order valence-corrected chi connectivity index (χ0v) is 44.4. The van der Waals surface area contributed by atoms with E-state index in [2.05, 4.69) is 31.1 Å². The summed E-state index contributed by atoms with van der Waals surface area (Å²) in [6, 6.07) is 29.5. The molecular weight excluding hydrogens is 1040 g/mol. The first-order valence-electron chi connectivity index (χ1n) is 24.9. The molecule has 1 fully saturated rings. The molecule has 20 nitrogen and oxygen atoms in total. The maximum absolute atomic E-state index is 14.2. The number of nitrogens with one attached hydrogen (secondary N) is 5. The lowest BCUT2D eigenvalue weighted by molar-refractivity contribution is -0.155. The molecule has 7 aromatic rings. The molecule has 0 radical (unpaired) electrons. The third-order valence-electron chi connectivity index (χ3n) is 13.3. The van der Waals surface area contributed by atoms with E-state index in [4.69, 9.17) is 30.5 Å². The summed E-state index contributed by atoms with van der Waals surface area (Å²) in [6.07, 6.45) is -0.590. The van der Waals surface area contributed by atoms with Gasteiger partial charge in [-0.15, -0.1) is 23.4 Å².